The van der Waals surface area contributed by atoms with E-state index >= 15 is 0 Å². The van der Waals surface area contributed by atoms with Gasteiger partial charge >= 0.3 is 12.1 Å². The summed E-state index contributed by atoms with van der Waals surface area (Å²) < 4.78 is 52.4. The summed E-state index contributed by atoms with van der Waals surface area (Å²) in [5, 5.41) is 9.73. The van der Waals surface area contributed by atoms with Crippen molar-refractivity contribution in [1.29, 1.82) is 0 Å². The smallest absolute Gasteiger partial charge is 0.416 e. The van der Waals surface area contributed by atoms with Gasteiger partial charge in [-0.25, -0.2) is 0 Å². The highest BCUT2D eigenvalue weighted by atomic mass is 35.5. The normalized spacial score (nSPS) is 11.7. The van der Waals surface area contributed by atoms with Gasteiger partial charge in [0.25, 0.3) is 5.91 Å². The van der Waals surface area contributed by atoms with E-state index in [1.165, 1.54) is 18.1 Å². The monoisotopic (exact) mass is 563 g/mol. The van der Waals surface area contributed by atoms with E-state index in [-0.39, 0.29) is 25.1 Å². The first-order valence-electron chi connectivity index (χ1n) is 12.1. The van der Waals surface area contributed by atoms with Crippen molar-refractivity contribution < 1.29 is 37.3 Å². The molecule has 0 radical (unpaired) electrons. The third-order valence-corrected chi connectivity index (χ3v) is 6.33. The molecule has 0 unspecified atom stereocenters. The number of carbonyl (C=O) groups is 2. The Morgan fingerprint density at radius 2 is 1.64 bits per heavy atom. The number of halogens is 4. The number of rotatable bonds is 10. The molecule has 10 heteroatoms. The van der Waals surface area contributed by atoms with E-state index in [2.05, 4.69) is 0 Å². The Hall–Kier alpha value is -3.72. The zero-order valence-corrected chi connectivity index (χ0v) is 22.7. The Kier molecular flexibility index (Phi) is 9.17. The second-order valence-electron chi connectivity index (χ2n) is 9.36. The Morgan fingerprint density at radius 1 is 0.974 bits per heavy atom. The first-order valence-corrected chi connectivity index (χ1v) is 12.5. The fourth-order valence-corrected chi connectivity index (χ4v) is 4.29. The van der Waals surface area contributed by atoms with E-state index in [0.717, 1.165) is 12.1 Å². The van der Waals surface area contributed by atoms with Gasteiger partial charge < -0.3 is 19.5 Å². The van der Waals surface area contributed by atoms with Crippen LogP contribution in [0.2, 0.25) is 5.02 Å². The van der Waals surface area contributed by atoms with Crippen molar-refractivity contribution in [3.63, 3.8) is 0 Å². The molecule has 0 spiro atoms. The zero-order chi connectivity index (χ0) is 29.0. The molecular weight excluding hydrogens is 535 g/mol. The van der Waals surface area contributed by atoms with Crippen molar-refractivity contribution in [2.45, 2.75) is 45.5 Å². The van der Waals surface area contributed by atoms with Crippen LogP contribution in [-0.4, -0.2) is 41.1 Å². The van der Waals surface area contributed by atoms with Gasteiger partial charge in [-0.3, -0.25) is 9.59 Å². The van der Waals surface area contributed by atoms with Crippen LogP contribution >= 0.6 is 11.6 Å². The van der Waals surface area contributed by atoms with Crippen molar-refractivity contribution in [1.82, 2.24) is 4.90 Å². The highest BCUT2D eigenvalue weighted by Gasteiger charge is 2.35. The van der Waals surface area contributed by atoms with Crippen LogP contribution in [0.5, 0.6) is 11.5 Å². The standard InChI is InChI=1S/C29H29ClF3NO5/c1-5-34(27(37)28(2,3)39-22-10-8-21(30)9-11-22)17-19-16-20(29(31,32)33)7-12-23(19)24-14-18(15-26(35)36)6-13-25(24)38-4/h6-14,16H,5,15,17H2,1-4H3,(H,35,36). The Balaban J connectivity index is 2.05. The summed E-state index contributed by atoms with van der Waals surface area (Å²) in [7, 11) is 1.41. The molecule has 0 bridgehead atoms. The van der Waals surface area contributed by atoms with Gasteiger partial charge in [-0.15, -0.1) is 0 Å². The number of nitrogens with zero attached hydrogens (tertiary/aromatic N) is 1. The molecule has 39 heavy (non-hydrogen) atoms. The molecule has 0 saturated heterocycles. The molecule has 3 rings (SSSR count). The van der Waals surface area contributed by atoms with Crippen molar-refractivity contribution in [3.8, 4) is 22.6 Å². The quantitative estimate of drug-likeness (QED) is 0.291. The fourth-order valence-electron chi connectivity index (χ4n) is 4.17. The minimum atomic E-state index is -4.61. The lowest BCUT2D eigenvalue weighted by Crippen LogP contribution is -2.48. The molecule has 0 fully saturated rings. The molecule has 3 aromatic carbocycles. The average molecular weight is 564 g/mol. The summed E-state index contributed by atoms with van der Waals surface area (Å²) in [6.45, 7) is 4.92. The molecule has 0 aliphatic heterocycles. The van der Waals surface area contributed by atoms with Gasteiger partial charge in [0.05, 0.1) is 19.1 Å². The van der Waals surface area contributed by atoms with Gasteiger partial charge in [-0.1, -0.05) is 23.7 Å². The molecule has 1 N–H and O–H groups in total. The number of carboxylic acids is 1. The number of likely N-dealkylation sites (N-methyl/N-ethyl adjacent to an activating group) is 1. The molecule has 0 aliphatic rings. The van der Waals surface area contributed by atoms with E-state index < -0.39 is 29.2 Å². The number of benzene rings is 3. The topological polar surface area (TPSA) is 76.1 Å². The van der Waals surface area contributed by atoms with Crippen molar-refractivity contribution in [2.24, 2.45) is 0 Å². The molecule has 0 heterocycles. The molecular formula is C29H29ClF3NO5. The summed E-state index contributed by atoms with van der Waals surface area (Å²) in [5.41, 5.74) is -0.750. The van der Waals surface area contributed by atoms with Crippen LogP contribution < -0.4 is 9.47 Å². The number of methoxy groups -OCH3 is 1. The van der Waals surface area contributed by atoms with E-state index in [1.54, 1.807) is 63.2 Å². The van der Waals surface area contributed by atoms with Crippen molar-refractivity contribution >= 4 is 23.5 Å². The SMILES string of the molecule is CCN(Cc1cc(C(F)(F)F)ccc1-c1cc(CC(=O)O)ccc1OC)C(=O)C(C)(C)Oc1ccc(Cl)cc1. The minimum absolute atomic E-state index is 0.158. The highest BCUT2D eigenvalue weighted by Crippen LogP contribution is 2.38. The van der Waals surface area contributed by atoms with Crippen molar-refractivity contribution in [2.75, 3.05) is 13.7 Å². The van der Waals surface area contributed by atoms with Crippen molar-refractivity contribution in [3.05, 3.63) is 82.4 Å². The van der Waals surface area contributed by atoms with E-state index in [4.69, 9.17) is 21.1 Å². The lowest BCUT2D eigenvalue weighted by molar-refractivity contribution is -0.146. The van der Waals surface area contributed by atoms with Crippen LogP contribution in [0, 0.1) is 0 Å². The first-order chi connectivity index (χ1) is 18.2. The third kappa shape index (κ3) is 7.44. The third-order valence-electron chi connectivity index (χ3n) is 6.07. The number of ether oxygens (including phenoxy) is 2. The van der Waals surface area contributed by atoms with Crippen LogP contribution in [0.15, 0.2) is 60.7 Å². The summed E-state index contributed by atoms with van der Waals surface area (Å²) in [5.74, 6) is -0.723. The summed E-state index contributed by atoms with van der Waals surface area (Å²) in [6.07, 6.45) is -4.89. The number of hydrogen-bond donors (Lipinski definition) is 1. The van der Waals surface area contributed by atoms with E-state index in [1.807, 2.05) is 0 Å². The molecule has 0 aromatic heterocycles. The number of hydrogen-bond acceptors (Lipinski definition) is 4. The largest absolute Gasteiger partial charge is 0.496 e. The average Bonchev–Trinajstić information content (AvgIpc) is 2.87. The Bertz CT molecular complexity index is 1340. The van der Waals surface area contributed by atoms with Gasteiger partial charge in [0, 0.05) is 23.7 Å². The van der Waals surface area contributed by atoms with Gasteiger partial charge in [0.15, 0.2) is 5.60 Å². The second-order valence-corrected chi connectivity index (χ2v) is 9.80. The summed E-state index contributed by atoms with van der Waals surface area (Å²) in [4.78, 5) is 26.2. The maximum Gasteiger partial charge on any atom is 0.416 e. The van der Waals surface area contributed by atoms with Crippen LogP contribution in [0.3, 0.4) is 0 Å². The summed E-state index contributed by atoms with van der Waals surface area (Å²) in [6, 6.07) is 14.5. The lowest BCUT2D eigenvalue weighted by atomic mass is 9.94. The maximum atomic E-state index is 13.7. The van der Waals surface area contributed by atoms with E-state index in [0.29, 0.717) is 33.2 Å². The van der Waals surface area contributed by atoms with Gasteiger partial charge in [0.2, 0.25) is 0 Å². The molecule has 6 nitrogen and oxygen atoms in total. The van der Waals surface area contributed by atoms with Crippen LogP contribution in [0.4, 0.5) is 13.2 Å². The fraction of sp³-hybridized carbons (Fsp3) is 0.310. The lowest BCUT2D eigenvalue weighted by Gasteiger charge is -2.32. The second kappa shape index (κ2) is 12.0. The summed E-state index contributed by atoms with van der Waals surface area (Å²) >= 11 is 5.93. The molecule has 0 saturated carbocycles. The van der Waals surface area contributed by atoms with Gasteiger partial charge in [-0.05, 0) is 86.0 Å². The maximum absolute atomic E-state index is 13.7. The zero-order valence-electron chi connectivity index (χ0n) is 21.9. The molecule has 0 atom stereocenters. The van der Waals surface area contributed by atoms with Gasteiger partial charge in [-0.2, -0.15) is 13.2 Å². The molecule has 1 amide bonds. The minimum Gasteiger partial charge on any atom is -0.496 e. The number of alkyl halides is 3. The van der Waals surface area contributed by atoms with E-state index in [9.17, 15) is 27.9 Å². The van der Waals surface area contributed by atoms with Crippen LogP contribution in [0.25, 0.3) is 11.1 Å². The van der Waals surface area contributed by atoms with Crippen LogP contribution in [0.1, 0.15) is 37.5 Å². The first kappa shape index (κ1) is 29.8. The number of carbonyl (C=O) groups excluding carboxylic acids is 1. The van der Waals surface area contributed by atoms with Crippen LogP contribution in [-0.2, 0) is 28.7 Å². The molecule has 3 aromatic rings. The number of carboxylic acid groups (broad SMARTS) is 1. The Labute approximate surface area is 229 Å². The number of amides is 1. The Morgan fingerprint density at radius 3 is 2.21 bits per heavy atom. The highest BCUT2D eigenvalue weighted by molar-refractivity contribution is 6.30. The number of aliphatic carboxylic acids is 1. The predicted molar refractivity (Wildman–Crippen MR) is 142 cm³/mol. The molecule has 0 aliphatic carbocycles. The predicted octanol–water partition coefficient (Wildman–Crippen LogP) is 6.87. The molecule has 208 valence electrons. The van der Waals surface area contributed by atoms with Gasteiger partial charge in [0.1, 0.15) is 11.5 Å².